The van der Waals surface area contributed by atoms with Gasteiger partial charge < -0.3 is 20.4 Å². The molecule has 1 fully saturated rings. The summed E-state index contributed by atoms with van der Waals surface area (Å²) in [5, 5.41) is 2.75. The van der Waals surface area contributed by atoms with Crippen LogP contribution in [0.5, 0.6) is 0 Å². The highest BCUT2D eigenvalue weighted by Crippen LogP contribution is 2.36. The molecule has 1 amide bonds. The van der Waals surface area contributed by atoms with Gasteiger partial charge in [-0.2, -0.15) is 0 Å². The third-order valence-electron chi connectivity index (χ3n) is 4.19. The molecule has 5 nitrogen and oxygen atoms in total. The van der Waals surface area contributed by atoms with E-state index in [9.17, 15) is 4.79 Å². The molecule has 21 heavy (non-hydrogen) atoms. The zero-order valence-corrected chi connectivity index (χ0v) is 13.3. The molecule has 1 aliphatic rings. The lowest BCUT2D eigenvalue weighted by atomic mass is 9.77. The first-order chi connectivity index (χ1) is 9.68. The first-order valence-electron chi connectivity index (χ1n) is 7.21. The van der Waals surface area contributed by atoms with Gasteiger partial charge in [-0.1, -0.05) is 6.07 Å². The standard InChI is InChI=1S/C15H23BN2O3/c1-6-18-13(19)10-7-8-11(12(17)9-10)16-20-14(2,3)15(4,5)21-16/h7-9H,6,17H2,1-5H3,(H,18,19). The number of nitrogens with one attached hydrogen (secondary N) is 1. The quantitative estimate of drug-likeness (QED) is 0.650. The van der Waals surface area contributed by atoms with Crippen molar-refractivity contribution in [2.45, 2.75) is 45.8 Å². The van der Waals surface area contributed by atoms with Gasteiger partial charge in [-0.3, -0.25) is 4.79 Å². The van der Waals surface area contributed by atoms with Gasteiger partial charge in [0, 0.05) is 23.3 Å². The lowest BCUT2D eigenvalue weighted by Gasteiger charge is -2.32. The number of benzene rings is 1. The molecular weight excluding hydrogens is 267 g/mol. The molecule has 0 atom stereocenters. The monoisotopic (exact) mass is 290 g/mol. The zero-order chi connectivity index (χ0) is 15.8. The van der Waals surface area contributed by atoms with Crippen LogP contribution in [0.2, 0.25) is 0 Å². The summed E-state index contributed by atoms with van der Waals surface area (Å²) >= 11 is 0. The second kappa shape index (κ2) is 5.35. The first-order valence-corrected chi connectivity index (χ1v) is 7.21. The van der Waals surface area contributed by atoms with E-state index in [1.807, 2.05) is 34.6 Å². The van der Waals surface area contributed by atoms with Crippen LogP contribution in [0.25, 0.3) is 0 Å². The summed E-state index contributed by atoms with van der Waals surface area (Å²) in [5.41, 5.74) is 7.03. The van der Waals surface area contributed by atoms with E-state index < -0.39 is 18.3 Å². The smallest absolute Gasteiger partial charge is 0.399 e. The largest absolute Gasteiger partial charge is 0.496 e. The molecule has 1 aliphatic heterocycles. The molecule has 1 aromatic carbocycles. The highest BCUT2D eigenvalue weighted by molar-refractivity contribution is 6.63. The van der Waals surface area contributed by atoms with Crippen molar-refractivity contribution < 1.29 is 14.1 Å². The fraction of sp³-hybridized carbons (Fsp3) is 0.533. The van der Waals surface area contributed by atoms with Crippen molar-refractivity contribution in [3.63, 3.8) is 0 Å². The number of amides is 1. The fourth-order valence-corrected chi connectivity index (χ4v) is 2.16. The van der Waals surface area contributed by atoms with E-state index in [4.69, 9.17) is 15.0 Å². The van der Waals surface area contributed by atoms with E-state index in [1.54, 1.807) is 18.2 Å². The van der Waals surface area contributed by atoms with Crippen LogP contribution in [0.1, 0.15) is 45.0 Å². The van der Waals surface area contributed by atoms with E-state index in [0.717, 1.165) is 5.46 Å². The zero-order valence-electron chi connectivity index (χ0n) is 13.3. The molecule has 0 radical (unpaired) electrons. The summed E-state index contributed by atoms with van der Waals surface area (Å²) in [5.74, 6) is -0.135. The molecule has 0 aromatic heterocycles. The molecule has 0 unspecified atom stereocenters. The molecule has 6 heteroatoms. The Kier molecular flexibility index (Phi) is 4.04. The number of hydrogen-bond donors (Lipinski definition) is 2. The molecule has 114 valence electrons. The Balaban J connectivity index is 2.25. The summed E-state index contributed by atoms with van der Waals surface area (Å²) in [4.78, 5) is 11.8. The van der Waals surface area contributed by atoms with Crippen molar-refractivity contribution in [1.29, 1.82) is 0 Å². The summed E-state index contributed by atoms with van der Waals surface area (Å²) in [6, 6.07) is 5.19. The number of carbonyl (C=O) groups is 1. The average molecular weight is 290 g/mol. The van der Waals surface area contributed by atoms with E-state index >= 15 is 0 Å². The van der Waals surface area contributed by atoms with Gasteiger partial charge in [0.25, 0.3) is 5.91 Å². The Hall–Kier alpha value is -1.53. The van der Waals surface area contributed by atoms with Gasteiger partial charge in [0.15, 0.2) is 0 Å². The van der Waals surface area contributed by atoms with E-state index in [2.05, 4.69) is 5.32 Å². The highest BCUT2D eigenvalue weighted by atomic mass is 16.7. The summed E-state index contributed by atoms with van der Waals surface area (Å²) in [6.45, 7) is 10.4. The Morgan fingerprint density at radius 1 is 1.24 bits per heavy atom. The normalized spacial score (nSPS) is 19.6. The average Bonchev–Trinajstić information content (AvgIpc) is 2.58. The number of rotatable bonds is 3. The van der Waals surface area contributed by atoms with E-state index in [1.165, 1.54) is 0 Å². The van der Waals surface area contributed by atoms with Crippen LogP contribution in [0.15, 0.2) is 18.2 Å². The summed E-state index contributed by atoms with van der Waals surface area (Å²) in [6.07, 6.45) is 0. The van der Waals surface area contributed by atoms with Crippen molar-refractivity contribution in [3.8, 4) is 0 Å². The van der Waals surface area contributed by atoms with Crippen LogP contribution in [0, 0.1) is 0 Å². The van der Waals surface area contributed by atoms with Crippen LogP contribution < -0.4 is 16.5 Å². The van der Waals surface area contributed by atoms with Gasteiger partial charge in [-0.25, -0.2) is 0 Å². The number of carbonyl (C=O) groups excluding carboxylic acids is 1. The van der Waals surface area contributed by atoms with Gasteiger partial charge in [-0.05, 0) is 46.8 Å². The minimum atomic E-state index is -0.515. The molecule has 0 saturated carbocycles. The van der Waals surface area contributed by atoms with Crippen molar-refractivity contribution in [1.82, 2.24) is 5.32 Å². The topological polar surface area (TPSA) is 73.6 Å². The lowest BCUT2D eigenvalue weighted by molar-refractivity contribution is 0.00578. The highest BCUT2D eigenvalue weighted by Gasteiger charge is 2.52. The molecule has 1 heterocycles. The second-order valence-corrected chi connectivity index (χ2v) is 6.29. The molecule has 2 rings (SSSR count). The molecule has 1 aromatic rings. The molecule has 3 N–H and O–H groups in total. The number of nitrogen functional groups attached to an aromatic ring is 1. The lowest BCUT2D eigenvalue weighted by Crippen LogP contribution is -2.41. The van der Waals surface area contributed by atoms with Crippen molar-refractivity contribution in [3.05, 3.63) is 23.8 Å². The molecule has 0 bridgehead atoms. The maximum atomic E-state index is 11.8. The van der Waals surface area contributed by atoms with Crippen molar-refractivity contribution in [2.24, 2.45) is 0 Å². The fourth-order valence-electron chi connectivity index (χ4n) is 2.16. The first kappa shape index (κ1) is 15.9. The maximum absolute atomic E-state index is 11.8. The summed E-state index contributed by atoms with van der Waals surface area (Å²) in [7, 11) is -0.515. The number of nitrogens with two attached hydrogens (primary N) is 1. The van der Waals surface area contributed by atoms with Crippen LogP contribution in [0.3, 0.4) is 0 Å². The van der Waals surface area contributed by atoms with Crippen LogP contribution in [-0.2, 0) is 9.31 Å². The van der Waals surface area contributed by atoms with Gasteiger partial charge in [0.1, 0.15) is 0 Å². The van der Waals surface area contributed by atoms with E-state index in [-0.39, 0.29) is 5.91 Å². The molecular formula is C15H23BN2O3. The third kappa shape index (κ3) is 2.92. The minimum absolute atomic E-state index is 0.135. The van der Waals surface area contributed by atoms with Crippen molar-refractivity contribution in [2.75, 3.05) is 12.3 Å². The van der Waals surface area contributed by atoms with Gasteiger partial charge in [-0.15, -0.1) is 0 Å². The Bertz CT molecular complexity index is 542. The van der Waals surface area contributed by atoms with Crippen molar-refractivity contribution >= 4 is 24.2 Å². The van der Waals surface area contributed by atoms with Gasteiger partial charge >= 0.3 is 7.12 Å². The third-order valence-corrected chi connectivity index (χ3v) is 4.19. The number of anilines is 1. The van der Waals surface area contributed by atoms with Gasteiger partial charge in [0.05, 0.1) is 11.2 Å². The predicted molar refractivity (Wildman–Crippen MR) is 84.6 cm³/mol. The predicted octanol–water partition coefficient (Wildman–Crippen LogP) is 1.32. The van der Waals surface area contributed by atoms with Crippen LogP contribution >= 0.6 is 0 Å². The SMILES string of the molecule is CCNC(=O)c1ccc(B2OC(C)(C)C(C)(C)O2)c(N)c1. The maximum Gasteiger partial charge on any atom is 0.496 e. The minimum Gasteiger partial charge on any atom is -0.399 e. The van der Waals surface area contributed by atoms with Crippen LogP contribution in [0.4, 0.5) is 5.69 Å². The Morgan fingerprint density at radius 2 is 1.81 bits per heavy atom. The Labute approximate surface area is 126 Å². The summed E-state index contributed by atoms with van der Waals surface area (Å²) < 4.78 is 12.0. The Morgan fingerprint density at radius 3 is 2.29 bits per heavy atom. The van der Waals surface area contributed by atoms with E-state index in [0.29, 0.717) is 17.8 Å². The molecule has 1 saturated heterocycles. The molecule has 0 aliphatic carbocycles. The molecule has 0 spiro atoms. The second-order valence-electron chi connectivity index (χ2n) is 6.29. The number of hydrogen-bond acceptors (Lipinski definition) is 4. The van der Waals surface area contributed by atoms with Gasteiger partial charge in [0.2, 0.25) is 0 Å². The van der Waals surface area contributed by atoms with Crippen LogP contribution in [-0.4, -0.2) is 30.8 Å².